The van der Waals surface area contributed by atoms with Crippen molar-refractivity contribution < 1.29 is 13.2 Å². The average molecular weight is 286 g/mol. The number of nitrogens with zero attached hydrogens (tertiary/aromatic N) is 1. The molecule has 0 amide bonds. The summed E-state index contributed by atoms with van der Waals surface area (Å²) in [5.74, 6) is 0. The van der Waals surface area contributed by atoms with E-state index in [-0.39, 0.29) is 5.54 Å². The summed E-state index contributed by atoms with van der Waals surface area (Å²) >= 11 is 0. The van der Waals surface area contributed by atoms with Gasteiger partial charge in [0.2, 0.25) is 0 Å². The van der Waals surface area contributed by atoms with Gasteiger partial charge in [-0.25, -0.2) is 0 Å². The molecule has 1 heterocycles. The second-order valence-electron chi connectivity index (χ2n) is 6.17. The molecular weight excluding hydrogens is 265 g/mol. The zero-order chi connectivity index (χ0) is 15.0. The molecule has 20 heavy (non-hydrogen) atoms. The number of alkyl halides is 3. The molecule has 1 aliphatic rings. The van der Waals surface area contributed by atoms with E-state index >= 15 is 0 Å². The van der Waals surface area contributed by atoms with Gasteiger partial charge in [0.25, 0.3) is 0 Å². The third-order valence-corrected chi connectivity index (χ3v) is 3.86. The number of nitrogens with one attached hydrogen (secondary N) is 1. The Morgan fingerprint density at radius 2 is 2.05 bits per heavy atom. The summed E-state index contributed by atoms with van der Waals surface area (Å²) in [5, 5.41) is 3.40. The topological polar surface area (TPSA) is 15.3 Å². The molecule has 5 heteroatoms. The van der Waals surface area contributed by atoms with Crippen molar-refractivity contribution in [3.8, 4) is 0 Å². The van der Waals surface area contributed by atoms with Crippen molar-refractivity contribution in [2.24, 2.45) is 0 Å². The highest BCUT2D eigenvalue weighted by Gasteiger charge is 2.33. The lowest BCUT2D eigenvalue weighted by molar-refractivity contribution is -0.137. The largest absolute Gasteiger partial charge is 0.416 e. The van der Waals surface area contributed by atoms with E-state index in [0.717, 1.165) is 19.2 Å². The van der Waals surface area contributed by atoms with Gasteiger partial charge in [0.15, 0.2) is 0 Å². The molecule has 1 atom stereocenters. The van der Waals surface area contributed by atoms with Crippen LogP contribution < -0.4 is 5.32 Å². The molecule has 1 saturated heterocycles. The molecule has 1 fully saturated rings. The molecule has 1 aliphatic heterocycles. The van der Waals surface area contributed by atoms with Crippen LogP contribution in [0.4, 0.5) is 13.2 Å². The van der Waals surface area contributed by atoms with Crippen molar-refractivity contribution in [2.75, 3.05) is 13.1 Å². The summed E-state index contributed by atoms with van der Waals surface area (Å²) in [6.07, 6.45) is -4.28. The molecule has 2 nitrogen and oxygen atoms in total. The first-order chi connectivity index (χ1) is 9.18. The number of hydrogen-bond donors (Lipinski definition) is 1. The summed E-state index contributed by atoms with van der Waals surface area (Å²) in [7, 11) is 0. The summed E-state index contributed by atoms with van der Waals surface area (Å²) in [4.78, 5) is 2.24. The second kappa shape index (κ2) is 5.37. The maximum absolute atomic E-state index is 12.7. The van der Waals surface area contributed by atoms with E-state index < -0.39 is 11.7 Å². The van der Waals surface area contributed by atoms with Crippen LogP contribution in [0, 0.1) is 0 Å². The zero-order valence-corrected chi connectivity index (χ0v) is 12.1. The molecular formula is C15H21F3N2. The minimum atomic E-state index is -4.28. The smallest absolute Gasteiger partial charge is 0.311 e. The van der Waals surface area contributed by atoms with E-state index in [4.69, 9.17) is 0 Å². The van der Waals surface area contributed by atoms with Gasteiger partial charge >= 0.3 is 6.18 Å². The number of piperazine rings is 1. The van der Waals surface area contributed by atoms with Gasteiger partial charge in [-0.15, -0.1) is 0 Å². The van der Waals surface area contributed by atoms with Crippen molar-refractivity contribution in [2.45, 2.75) is 45.1 Å². The SMILES string of the molecule is CC1CN(Cc2cccc(C(F)(F)F)c2)C(C)(C)CN1. The van der Waals surface area contributed by atoms with Crippen LogP contribution in [-0.2, 0) is 12.7 Å². The summed E-state index contributed by atoms with van der Waals surface area (Å²) in [6, 6.07) is 5.97. The summed E-state index contributed by atoms with van der Waals surface area (Å²) in [5.41, 5.74) is 0.0822. The molecule has 112 valence electrons. The molecule has 0 saturated carbocycles. The third-order valence-electron chi connectivity index (χ3n) is 3.86. The zero-order valence-electron chi connectivity index (χ0n) is 12.1. The number of hydrogen-bond acceptors (Lipinski definition) is 2. The van der Waals surface area contributed by atoms with E-state index in [1.807, 2.05) is 0 Å². The normalized spacial score (nSPS) is 23.8. The molecule has 0 spiro atoms. The van der Waals surface area contributed by atoms with E-state index in [2.05, 4.69) is 31.0 Å². The highest BCUT2D eigenvalue weighted by molar-refractivity contribution is 5.26. The number of benzene rings is 1. The Labute approximate surface area is 118 Å². The Kier molecular flexibility index (Phi) is 4.12. The van der Waals surface area contributed by atoms with Crippen molar-refractivity contribution in [3.05, 3.63) is 35.4 Å². The van der Waals surface area contributed by atoms with Crippen LogP contribution in [0.2, 0.25) is 0 Å². The molecule has 0 aliphatic carbocycles. The van der Waals surface area contributed by atoms with Crippen LogP contribution in [0.15, 0.2) is 24.3 Å². The maximum atomic E-state index is 12.7. The highest BCUT2D eigenvalue weighted by Crippen LogP contribution is 2.30. The molecule has 1 aromatic rings. The van der Waals surface area contributed by atoms with Crippen LogP contribution in [0.25, 0.3) is 0 Å². The van der Waals surface area contributed by atoms with Crippen molar-refractivity contribution in [3.63, 3.8) is 0 Å². The van der Waals surface area contributed by atoms with Crippen LogP contribution in [0.3, 0.4) is 0 Å². The minimum Gasteiger partial charge on any atom is -0.311 e. The molecule has 1 aromatic carbocycles. The van der Waals surface area contributed by atoms with Gasteiger partial charge in [0.1, 0.15) is 0 Å². The third kappa shape index (κ3) is 3.52. The van der Waals surface area contributed by atoms with Gasteiger partial charge < -0.3 is 5.32 Å². The minimum absolute atomic E-state index is 0.0548. The first-order valence-electron chi connectivity index (χ1n) is 6.83. The predicted molar refractivity (Wildman–Crippen MR) is 73.4 cm³/mol. The van der Waals surface area contributed by atoms with Crippen LogP contribution in [0.5, 0.6) is 0 Å². The van der Waals surface area contributed by atoms with Crippen molar-refractivity contribution in [1.82, 2.24) is 10.2 Å². The Bertz CT molecular complexity index is 468. The predicted octanol–water partition coefficient (Wildman–Crippen LogP) is 3.28. The molecule has 0 aromatic heterocycles. The Balaban J connectivity index is 2.17. The van der Waals surface area contributed by atoms with E-state index in [0.29, 0.717) is 18.2 Å². The maximum Gasteiger partial charge on any atom is 0.416 e. The van der Waals surface area contributed by atoms with Crippen LogP contribution in [0.1, 0.15) is 31.9 Å². The average Bonchev–Trinajstić information content (AvgIpc) is 2.34. The van der Waals surface area contributed by atoms with Crippen LogP contribution in [-0.4, -0.2) is 29.6 Å². The second-order valence-corrected chi connectivity index (χ2v) is 6.17. The van der Waals surface area contributed by atoms with Gasteiger partial charge in [-0.3, -0.25) is 4.90 Å². The van der Waals surface area contributed by atoms with E-state index in [9.17, 15) is 13.2 Å². The fraction of sp³-hybridized carbons (Fsp3) is 0.600. The standard InChI is InChI=1S/C15H21F3N2/c1-11-8-20(14(2,3)10-19-11)9-12-5-4-6-13(7-12)15(16,17)18/h4-7,11,19H,8-10H2,1-3H3. The lowest BCUT2D eigenvalue weighted by atomic mass is 9.96. The lowest BCUT2D eigenvalue weighted by Crippen LogP contribution is -2.60. The Morgan fingerprint density at radius 3 is 2.70 bits per heavy atom. The Hall–Kier alpha value is -1.07. The van der Waals surface area contributed by atoms with Gasteiger partial charge in [-0.05, 0) is 32.4 Å². The number of rotatable bonds is 2. The van der Waals surface area contributed by atoms with E-state index in [1.54, 1.807) is 6.07 Å². The van der Waals surface area contributed by atoms with E-state index in [1.165, 1.54) is 12.1 Å². The van der Waals surface area contributed by atoms with Crippen molar-refractivity contribution in [1.29, 1.82) is 0 Å². The van der Waals surface area contributed by atoms with Gasteiger partial charge in [0.05, 0.1) is 5.56 Å². The molecule has 1 N–H and O–H groups in total. The fourth-order valence-electron chi connectivity index (χ4n) is 2.52. The Morgan fingerprint density at radius 1 is 1.35 bits per heavy atom. The van der Waals surface area contributed by atoms with Crippen LogP contribution >= 0.6 is 0 Å². The molecule has 1 unspecified atom stereocenters. The first kappa shape index (κ1) is 15.3. The summed E-state index contributed by atoms with van der Waals surface area (Å²) in [6.45, 7) is 8.53. The summed E-state index contributed by atoms with van der Waals surface area (Å²) < 4.78 is 38.2. The molecule has 0 radical (unpaired) electrons. The highest BCUT2D eigenvalue weighted by atomic mass is 19.4. The lowest BCUT2D eigenvalue weighted by Gasteiger charge is -2.45. The fourth-order valence-corrected chi connectivity index (χ4v) is 2.52. The van der Waals surface area contributed by atoms with Gasteiger partial charge in [-0.1, -0.05) is 18.2 Å². The molecule has 2 rings (SSSR count). The van der Waals surface area contributed by atoms with Crippen molar-refractivity contribution >= 4 is 0 Å². The van der Waals surface area contributed by atoms with Gasteiger partial charge in [0, 0.05) is 31.2 Å². The van der Waals surface area contributed by atoms with Gasteiger partial charge in [-0.2, -0.15) is 13.2 Å². The number of halogens is 3. The monoisotopic (exact) mass is 286 g/mol. The quantitative estimate of drug-likeness (QED) is 0.897. The molecule has 0 bridgehead atoms. The first-order valence-corrected chi connectivity index (χ1v) is 6.83.